The van der Waals surface area contributed by atoms with E-state index in [-0.39, 0.29) is 17.9 Å². The van der Waals surface area contributed by atoms with E-state index >= 15 is 0 Å². The number of aromatic nitrogens is 1. The molecule has 6 heteroatoms. The quantitative estimate of drug-likeness (QED) is 0.639. The molecule has 1 aliphatic heterocycles. The van der Waals surface area contributed by atoms with Crippen LogP contribution in [0.2, 0.25) is 0 Å². The normalized spacial score (nSPS) is 26.1. The zero-order chi connectivity index (χ0) is 21.6. The van der Waals surface area contributed by atoms with E-state index in [1.807, 2.05) is 59.3 Å². The SMILES string of the molecule is CC1CCC(NC(=O)[C@]2(C)Cn3c(cc4sccc43)C(=O)N2Cc2ccccc2)CC1. The molecule has 2 amide bonds. The molecular formula is C25H29N3O2S. The van der Waals surface area contributed by atoms with Crippen molar-refractivity contribution in [2.45, 2.75) is 64.2 Å². The number of carbonyl (C=O) groups is 2. The summed E-state index contributed by atoms with van der Waals surface area (Å²) in [5, 5.41) is 5.35. The second kappa shape index (κ2) is 7.83. The Kier molecular flexibility index (Phi) is 5.13. The Morgan fingerprint density at radius 3 is 2.65 bits per heavy atom. The average molecular weight is 436 g/mol. The van der Waals surface area contributed by atoms with Gasteiger partial charge in [-0.3, -0.25) is 9.59 Å². The van der Waals surface area contributed by atoms with Gasteiger partial charge in [-0.2, -0.15) is 0 Å². The van der Waals surface area contributed by atoms with Gasteiger partial charge in [0.1, 0.15) is 11.2 Å². The summed E-state index contributed by atoms with van der Waals surface area (Å²) in [7, 11) is 0. The molecule has 0 saturated heterocycles. The molecule has 3 aromatic rings. The maximum Gasteiger partial charge on any atom is 0.271 e. The molecule has 0 bridgehead atoms. The van der Waals surface area contributed by atoms with Crippen molar-refractivity contribution in [1.29, 1.82) is 0 Å². The average Bonchev–Trinajstić information content (AvgIpc) is 3.36. The van der Waals surface area contributed by atoms with Gasteiger partial charge in [-0.25, -0.2) is 0 Å². The van der Waals surface area contributed by atoms with Crippen molar-refractivity contribution in [2.75, 3.05) is 0 Å². The first-order valence-corrected chi connectivity index (χ1v) is 12.1. The van der Waals surface area contributed by atoms with Crippen LogP contribution in [0.5, 0.6) is 0 Å². The molecule has 1 saturated carbocycles. The minimum Gasteiger partial charge on any atom is -0.351 e. The van der Waals surface area contributed by atoms with Gasteiger partial charge in [-0.05, 0) is 61.6 Å². The highest BCUT2D eigenvalue weighted by molar-refractivity contribution is 7.17. The van der Waals surface area contributed by atoms with Crippen LogP contribution in [-0.4, -0.2) is 32.9 Å². The number of fused-ring (bicyclic) bond motifs is 3. The van der Waals surface area contributed by atoms with E-state index < -0.39 is 5.54 Å². The number of hydrogen-bond acceptors (Lipinski definition) is 3. The van der Waals surface area contributed by atoms with Crippen molar-refractivity contribution in [3.05, 3.63) is 59.1 Å². The lowest BCUT2D eigenvalue weighted by Gasteiger charge is -2.45. The number of nitrogens with one attached hydrogen (secondary N) is 1. The predicted octanol–water partition coefficient (Wildman–Crippen LogP) is 4.81. The van der Waals surface area contributed by atoms with E-state index in [9.17, 15) is 9.59 Å². The summed E-state index contributed by atoms with van der Waals surface area (Å²) in [5.41, 5.74) is 1.80. The molecule has 0 unspecified atom stereocenters. The summed E-state index contributed by atoms with van der Waals surface area (Å²) in [5.74, 6) is 0.608. The van der Waals surface area contributed by atoms with Gasteiger partial charge >= 0.3 is 0 Å². The van der Waals surface area contributed by atoms with Crippen molar-refractivity contribution in [2.24, 2.45) is 5.92 Å². The zero-order valence-electron chi connectivity index (χ0n) is 18.1. The number of thiophene rings is 1. The first kappa shape index (κ1) is 20.3. The first-order chi connectivity index (χ1) is 15.0. The van der Waals surface area contributed by atoms with E-state index in [1.54, 1.807) is 16.2 Å². The van der Waals surface area contributed by atoms with Crippen molar-refractivity contribution in [3.63, 3.8) is 0 Å². The largest absolute Gasteiger partial charge is 0.351 e. The fraction of sp³-hybridized carbons (Fsp3) is 0.440. The Balaban J connectivity index is 1.50. The third-order valence-corrected chi connectivity index (χ3v) is 7.93. The molecular weight excluding hydrogens is 406 g/mol. The van der Waals surface area contributed by atoms with Crippen molar-refractivity contribution in [1.82, 2.24) is 14.8 Å². The maximum atomic E-state index is 13.7. The molecule has 0 spiro atoms. The molecule has 0 radical (unpaired) electrons. The third-order valence-electron chi connectivity index (χ3n) is 7.07. The van der Waals surface area contributed by atoms with Crippen molar-refractivity contribution >= 4 is 33.4 Å². The molecule has 1 atom stereocenters. The fourth-order valence-corrected chi connectivity index (χ4v) is 5.85. The highest BCUT2D eigenvalue weighted by atomic mass is 32.1. The Labute approximate surface area is 187 Å². The zero-order valence-corrected chi connectivity index (χ0v) is 19.0. The fourth-order valence-electron chi connectivity index (χ4n) is 5.03. The Hall–Kier alpha value is -2.60. The van der Waals surface area contributed by atoms with E-state index in [0.717, 1.165) is 47.4 Å². The van der Waals surface area contributed by atoms with Crippen molar-refractivity contribution < 1.29 is 9.59 Å². The van der Waals surface area contributed by atoms with E-state index in [0.29, 0.717) is 18.8 Å². The minimum atomic E-state index is -0.948. The number of benzene rings is 1. The molecule has 31 heavy (non-hydrogen) atoms. The molecule has 1 N–H and O–H groups in total. The Morgan fingerprint density at radius 2 is 1.90 bits per heavy atom. The molecule has 1 aliphatic carbocycles. The van der Waals surface area contributed by atoms with Gasteiger partial charge in [0.15, 0.2) is 0 Å². The summed E-state index contributed by atoms with van der Waals surface area (Å²) in [6.45, 7) is 5.09. The van der Waals surface area contributed by atoms with Crippen molar-refractivity contribution in [3.8, 4) is 0 Å². The third kappa shape index (κ3) is 3.57. The van der Waals surface area contributed by atoms with Crippen LogP contribution in [0.1, 0.15) is 55.6 Å². The maximum absolute atomic E-state index is 13.7. The van der Waals surface area contributed by atoms with Crippen LogP contribution in [0.25, 0.3) is 10.2 Å². The van der Waals surface area contributed by atoms with Gasteiger partial charge in [0.05, 0.1) is 16.8 Å². The summed E-state index contributed by atoms with van der Waals surface area (Å²) < 4.78 is 3.13. The number of amides is 2. The summed E-state index contributed by atoms with van der Waals surface area (Å²) >= 11 is 1.63. The van der Waals surface area contributed by atoms with Gasteiger partial charge in [0.2, 0.25) is 5.91 Å². The highest BCUT2D eigenvalue weighted by Gasteiger charge is 2.48. The van der Waals surface area contributed by atoms with E-state index in [4.69, 9.17) is 0 Å². The molecule has 1 aromatic carbocycles. The van der Waals surface area contributed by atoms with Gasteiger partial charge in [-0.15, -0.1) is 11.3 Å². The van der Waals surface area contributed by atoms with Gasteiger partial charge in [0, 0.05) is 12.6 Å². The standard InChI is InChI=1S/C25H29N3O2S/c1-17-8-10-19(11-9-17)26-24(30)25(2)16-27-20-12-13-31-22(20)14-21(27)23(29)28(25)15-18-6-4-3-5-7-18/h3-7,12-14,17,19H,8-11,15-16H2,1-2H3,(H,26,30)/t17?,19?,25-/m0/s1. The second-order valence-electron chi connectivity index (χ2n) is 9.37. The molecule has 3 heterocycles. The Morgan fingerprint density at radius 1 is 1.16 bits per heavy atom. The number of rotatable bonds is 4. The van der Waals surface area contributed by atoms with Gasteiger partial charge in [-0.1, -0.05) is 37.3 Å². The smallest absolute Gasteiger partial charge is 0.271 e. The van der Waals surface area contributed by atoms with Crippen LogP contribution >= 0.6 is 11.3 Å². The molecule has 162 valence electrons. The first-order valence-electron chi connectivity index (χ1n) is 11.2. The number of nitrogens with zero attached hydrogens (tertiary/aromatic N) is 2. The molecule has 5 nitrogen and oxygen atoms in total. The Bertz CT molecular complexity index is 1110. The molecule has 5 rings (SSSR count). The summed E-state index contributed by atoms with van der Waals surface area (Å²) in [6.07, 6.45) is 4.31. The van der Waals surface area contributed by atoms with E-state index in [1.165, 1.54) is 0 Å². The summed E-state index contributed by atoms with van der Waals surface area (Å²) in [4.78, 5) is 29.2. The van der Waals surface area contributed by atoms with Crippen LogP contribution < -0.4 is 5.32 Å². The topological polar surface area (TPSA) is 54.3 Å². The summed E-state index contributed by atoms with van der Waals surface area (Å²) in [6, 6.07) is 14.2. The monoisotopic (exact) mass is 435 g/mol. The molecule has 1 fully saturated rings. The van der Waals surface area contributed by atoms with Crippen LogP contribution in [0.3, 0.4) is 0 Å². The van der Waals surface area contributed by atoms with Crippen LogP contribution in [-0.2, 0) is 17.9 Å². The van der Waals surface area contributed by atoms with Crippen LogP contribution in [0.4, 0.5) is 0 Å². The highest BCUT2D eigenvalue weighted by Crippen LogP contribution is 2.35. The van der Waals surface area contributed by atoms with E-state index in [2.05, 4.69) is 12.2 Å². The lowest BCUT2D eigenvalue weighted by Crippen LogP contribution is -2.64. The van der Waals surface area contributed by atoms with Gasteiger partial charge < -0.3 is 14.8 Å². The van der Waals surface area contributed by atoms with Crippen LogP contribution in [0.15, 0.2) is 47.8 Å². The molecule has 2 aliphatic rings. The lowest BCUT2D eigenvalue weighted by atomic mass is 9.86. The molecule has 2 aromatic heterocycles. The predicted molar refractivity (Wildman–Crippen MR) is 124 cm³/mol. The minimum absolute atomic E-state index is 0.0425. The van der Waals surface area contributed by atoms with Crippen LogP contribution in [0, 0.1) is 5.92 Å². The van der Waals surface area contributed by atoms with Gasteiger partial charge in [0.25, 0.3) is 5.91 Å². The number of hydrogen-bond donors (Lipinski definition) is 1. The lowest BCUT2D eigenvalue weighted by molar-refractivity contribution is -0.134. The number of carbonyl (C=O) groups excluding carboxylic acids is 2. The second-order valence-corrected chi connectivity index (χ2v) is 10.3.